The zero-order valence-electron chi connectivity index (χ0n) is 16.3. The van der Waals surface area contributed by atoms with Crippen molar-refractivity contribution < 1.29 is 14.7 Å². The maximum Gasteiger partial charge on any atom is 0.240 e. The zero-order valence-corrected chi connectivity index (χ0v) is 18.7. The number of aliphatic hydroxyl groups is 1. The predicted molar refractivity (Wildman–Crippen MR) is 123 cm³/mol. The summed E-state index contributed by atoms with van der Waals surface area (Å²) in [6.45, 7) is 2.15. The molecule has 0 fully saturated rings. The van der Waals surface area contributed by atoms with E-state index in [0.29, 0.717) is 16.4 Å². The molecule has 156 valence electrons. The molecule has 7 nitrogen and oxygen atoms in total. The largest absolute Gasteiger partial charge is 0.492 e. The van der Waals surface area contributed by atoms with Crippen LogP contribution in [0.5, 0.6) is 0 Å². The van der Waals surface area contributed by atoms with Crippen LogP contribution in [-0.4, -0.2) is 38.8 Å². The Hall–Kier alpha value is -2.52. The molecule has 0 aromatic heterocycles. The molecule has 1 aromatic rings. The highest BCUT2D eigenvalue weighted by molar-refractivity contribution is 9.10. The van der Waals surface area contributed by atoms with Gasteiger partial charge in [0, 0.05) is 27.0 Å². The summed E-state index contributed by atoms with van der Waals surface area (Å²) in [4.78, 5) is 28.0. The maximum absolute atomic E-state index is 12.0. The van der Waals surface area contributed by atoms with E-state index in [1.165, 1.54) is 23.9 Å². The van der Waals surface area contributed by atoms with Crippen LogP contribution in [0.4, 0.5) is 5.69 Å². The lowest BCUT2D eigenvalue weighted by Crippen LogP contribution is -2.55. The number of anilines is 1. The van der Waals surface area contributed by atoms with Gasteiger partial charge in [-0.25, -0.2) is 0 Å². The first-order valence-corrected chi connectivity index (χ1v) is 11.5. The van der Waals surface area contributed by atoms with Gasteiger partial charge in [0.1, 0.15) is 11.9 Å². The van der Waals surface area contributed by atoms with Gasteiger partial charge in [-0.05, 0) is 36.8 Å². The lowest BCUT2D eigenvalue weighted by Gasteiger charge is -2.43. The SMILES string of the molecule is CCCCCSC1=NC(O)=C2c3cc(Br)ccc3N[C@@H](C3=CC(=O)C(=O)C=C3)N2N1. The van der Waals surface area contributed by atoms with E-state index in [0.717, 1.165) is 40.7 Å². The number of benzene rings is 1. The highest BCUT2D eigenvalue weighted by atomic mass is 79.9. The Morgan fingerprint density at radius 3 is 2.83 bits per heavy atom. The van der Waals surface area contributed by atoms with Crippen LogP contribution >= 0.6 is 27.7 Å². The molecular weight excluding hydrogens is 468 g/mol. The summed E-state index contributed by atoms with van der Waals surface area (Å²) in [5, 5.41) is 16.6. The van der Waals surface area contributed by atoms with Crippen molar-refractivity contribution in [1.29, 1.82) is 0 Å². The molecule has 0 spiro atoms. The lowest BCUT2D eigenvalue weighted by molar-refractivity contribution is -0.131. The van der Waals surface area contributed by atoms with Crippen LogP contribution in [0.3, 0.4) is 0 Å². The quantitative estimate of drug-likeness (QED) is 0.326. The van der Waals surface area contributed by atoms with Crippen molar-refractivity contribution in [2.24, 2.45) is 4.99 Å². The standard InChI is InChI=1S/C21H21BrN4O3S/c1-2-3-4-9-30-21-24-20(29)18-14-11-13(22)6-7-15(14)23-19(26(18)25-21)12-5-8-16(27)17(28)10-12/h5-8,10-11,19,23,29H,2-4,9H2,1H3,(H,24,25)/t19-/m1/s1. The molecule has 0 unspecified atom stereocenters. The van der Waals surface area contributed by atoms with E-state index in [1.54, 1.807) is 11.1 Å². The van der Waals surface area contributed by atoms with Gasteiger partial charge in [0.2, 0.25) is 17.4 Å². The maximum atomic E-state index is 12.0. The minimum atomic E-state index is -0.564. The second kappa shape index (κ2) is 8.69. The summed E-state index contributed by atoms with van der Waals surface area (Å²) >= 11 is 5.02. The van der Waals surface area contributed by atoms with Gasteiger partial charge in [-0.2, -0.15) is 4.99 Å². The summed E-state index contributed by atoms with van der Waals surface area (Å²) in [5.74, 6) is -0.324. The zero-order chi connectivity index (χ0) is 21.3. The summed E-state index contributed by atoms with van der Waals surface area (Å²) in [6, 6.07) is 5.68. The molecule has 0 amide bonds. The van der Waals surface area contributed by atoms with Crippen molar-refractivity contribution in [2.75, 3.05) is 11.1 Å². The highest BCUT2D eigenvalue weighted by Crippen LogP contribution is 2.40. The number of halogens is 1. The number of aliphatic imine (C=N–C) groups is 1. The number of unbranched alkanes of at least 4 members (excludes halogenated alkanes) is 2. The number of hydrogen-bond acceptors (Lipinski definition) is 8. The van der Waals surface area contributed by atoms with Gasteiger partial charge in [0.05, 0.1) is 0 Å². The number of hydrazine groups is 1. The number of ketones is 2. The number of carbonyl (C=O) groups excluding carboxylic acids is 2. The number of aliphatic hydroxyl groups excluding tert-OH is 1. The van der Waals surface area contributed by atoms with Crippen molar-refractivity contribution in [3.63, 3.8) is 0 Å². The number of allylic oxidation sites excluding steroid dienone is 2. The molecule has 0 saturated carbocycles. The van der Waals surface area contributed by atoms with Gasteiger partial charge in [-0.15, -0.1) is 0 Å². The molecular formula is C21H21BrN4O3S. The molecule has 3 N–H and O–H groups in total. The minimum Gasteiger partial charge on any atom is -0.492 e. The van der Waals surface area contributed by atoms with Crippen LogP contribution < -0.4 is 10.7 Å². The third-order valence-corrected chi connectivity index (χ3v) is 6.38. The first-order chi connectivity index (χ1) is 14.5. The molecule has 0 radical (unpaired) electrons. The first kappa shape index (κ1) is 20.7. The van der Waals surface area contributed by atoms with E-state index in [9.17, 15) is 14.7 Å². The number of rotatable bonds is 5. The summed E-state index contributed by atoms with van der Waals surface area (Å²) in [6.07, 6.45) is 7.05. The van der Waals surface area contributed by atoms with E-state index in [-0.39, 0.29) is 5.88 Å². The van der Waals surface area contributed by atoms with Crippen LogP contribution in [0.1, 0.15) is 31.7 Å². The molecule has 1 atom stereocenters. The third kappa shape index (κ3) is 4.04. The number of amidine groups is 1. The Morgan fingerprint density at radius 2 is 2.07 bits per heavy atom. The van der Waals surface area contributed by atoms with Gasteiger partial charge in [-0.1, -0.05) is 53.5 Å². The lowest BCUT2D eigenvalue weighted by atomic mass is 9.98. The molecule has 30 heavy (non-hydrogen) atoms. The van der Waals surface area contributed by atoms with Gasteiger partial charge in [0.15, 0.2) is 5.17 Å². The second-order valence-corrected chi connectivity index (χ2v) is 9.07. The summed E-state index contributed by atoms with van der Waals surface area (Å²) in [7, 11) is 0. The van der Waals surface area contributed by atoms with E-state index in [2.05, 4.69) is 38.6 Å². The Morgan fingerprint density at radius 1 is 1.23 bits per heavy atom. The Labute approximate surface area is 187 Å². The minimum absolute atomic E-state index is 0.0969. The van der Waals surface area contributed by atoms with E-state index in [1.807, 2.05) is 18.2 Å². The molecule has 1 aromatic carbocycles. The fraction of sp³-hybridized carbons (Fsp3) is 0.286. The van der Waals surface area contributed by atoms with Gasteiger partial charge >= 0.3 is 0 Å². The van der Waals surface area contributed by atoms with Crippen molar-refractivity contribution >= 4 is 55.8 Å². The van der Waals surface area contributed by atoms with Crippen molar-refractivity contribution in [3.8, 4) is 0 Å². The summed E-state index contributed by atoms with van der Waals surface area (Å²) in [5.41, 5.74) is 5.95. The fourth-order valence-electron chi connectivity index (χ4n) is 3.45. The van der Waals surface area contributed by atoms with Crippen LogP contribution in [0.2, 0.25) is 0 Å². The van der Waals surface area contributed by atoms with Crippen molar-refractivity contribution in [1.82, 2.24) is 10.4 Å². The normalized spacial score (nSPS) is 20.2. The number of thioether (sulfide) groups is 1. The topological polar surface area (TPSA) is 94.0 Å². The number of carbonyl (C=O) groups is 2. The highest BCUT2D eigenvalue weighted by Gasteiger charge is 2.37. The first-order valence-electron chi connectivity index (χ1n) is 9.73. The Kier molecular flexibility index (Phi) is 6.01. The molecule has 2 heterocycles. The fourth-order valence-corrected chi connectivity index (χ4v) is 4.66. The monoisotopic (exact) mass is 488 g/mol. The molecule has 0 bridgehead atoms. The molecule has 0 saturated heterocycles. The van der Waals surface area contributed by atoms with Gasteiger partial charge in [0.25, 0.3) is 0 Å². The van der Waals surface area contributed by atoms with Gasteiger partial charge < -0.3 is 10.4 Å². The Bertz CT molecular complexity index is 1030. The molecule has 4 rings (SSSR count). The number of nitrogens with one attached hydrogen (secondary N) is 2. The average Bonchev–Trinajstić information content (AvgIpc) is 2.72. The Balaban J connectivity index is 1.72. The second-order valence-electron chi connectivity index (χ2n) is 7.07. The van der Waals surface area contributed by atoms with Crippen LogP contribution in [0.25, 0.3) is 5.70 Å². The molecule has 1 aliphatic carbocycles. The molecule has 3 aliphatic rings. The van der Waals surface area contributed by atoms with E-state index in [4.69, 9.17) is 0 Å². The molecule has 2 aliphatic heterocycles. The predicted octanol–water partition coefficient (Wildman–Crippen LogP) is 4.12. The smallest absolute Gasteiger partial charge is 0.240 e. The number of fused-ring (bicyclic) bond motifs is 3. The molecule has 9 heteroatoms. The van der Waals surface area contributed by atoms with Crippen LogP contribution in [0, 0.1) is 0 Å². The van der Waals surface area contributed by atoms with Crippen molar-refractivity contribution in [2.45, 2.75) is 32.4 Å². The van der Waals surface area contributed by atoms with Gasteiger partial charge in [-0.3, -0.25) is 20.0 Å². The van der Waals surface area contributed by atoms with Crippen molar-refractivity contribution in [3.05, 3.63) is 57.9 Å². The van der Waals surface area contributed by atoms with Crippen LogP contribution in [0.15, 0.2) is 57.3 Å². The average molecular weight is 489 g/mol. The number of nitrogens with zero attached hydrogens (tertiary/aromatic N) is 2. The van der Waals surface area contributed by atoms with Crippen LogP contribution in [-0.2, 0) is 9.59 Å². The van der Waals surface area contributed by atoms with E-state index < -0.39 is 17.7 Å². The third-order valence-electron chi connectivity index (χ3n) is 4.93. The summed E-state index contributed by atoms with van der Waals surface area (Å²) < 4.78 is 0.864. The van der Waals surface area contributed by atoms with E-state index >= 15 is 0 Å². The number of hydrogen-bond donors (Lipinski definition) is 3.